The van der Waals surface area contributed by atoms with Gasteiger partial charge in [0.25, 0.3) is 0 Å². The van der Waals surface area contributed by atoms with E-state index in [4.69, 9.17) is 5.73 Å². The number of carbonyl (C=O) groups excluding carboxylic acids is 1. The third-order valence-corrected chi connectivity index (χ3v) is 3.21. The molecule has 1 amide bonds. The molecule has 1 heterocycles. The summed E-state index contributed by atoms with van der Waals surface area (Å²) in [7, 11) is 0. The Morgan fingerprint density at radius 2 is 2.06 bits per heavy atom. The molecule has 0 saturated carbocycles. The van der Waals surface area contributed by atoms with Crippen LogP contribution >= 0.6 is 12.4 Å². The molecule has 0 radical (unpaired) electrons. The van der Waals surface area contributed by atoms with E-state index in [9.17, 15) is 4.79 Å². The summed E-state index contributed by atoms with van der Waals surface area (Å²) in [4.78, 5) is 14.0. The fraction of sp³-hybridized carbons (Fsp3) is 0.462. The van der Waals surface area contributed by atoms with Crippen LogP contribution in [-0.4, -0.2) is 29.9 Å². The van der Waals surface area contributed by atoms with E-state index in [2.05, 4.69) is 0 Å². The van der Waals surface area contributed by atoms with Gasteiger partial charge in [0, 0.05) is 19.1 Å². The second-order valence-electron chi connectivity index (χ2n) is 4.47. The number of rotatable bonds is 2. The Bertz CT molecular complexity index is 369. The van der Waals surface area contributed by atoms with Gasteiger partial charge in [-0.05, 0) is 18.9 Å². The van der Waals surface area contributed by atoms with E-state index in [-0.39, 0.29) is 30.3 Å². The van der Waals surface area contributed by atoms with Crippen molar-refractivity contribution >= 4 is 18.3 Å². The Hall–Kier alpha value is -1.06. The number of halogens is 1. The largest absolute Gasteiger partial charge is 0.341 e. The van der Waals surface area contributed by atoms with Crippen LogP contribution in [-0.2, 0) is 4.79 Å². The van der Waals surface area contributed by atoms with E-state index in [0.29, 0.717) is 6.54 Å². The van der Waals surface area contributed by atoms with Gasteiger partial charge in [-0.2, -0.15) is 0 Å². The lowest BCUT2D eigenvalue weighted by Gasteiger charge is -2.20. The van der Waals surface area contributed by atoms with Gasteiger partial charge < -0.3 is 10.6 Å². The lowest BCUT2D eigenvalue weighted by atomic mass is 10.00. The van der Waals surface area contributed by atoms with Crippen LogP contribution in [0.3, 0.4) is 0 Å². The van der Waals surface area contributed by atoms with Crippen LogP contribution in [0, 0.1) is 0 Å². The quantitative estimate of drug-likeness (QED) is 0.875. The smallest absolute Gasteiger partial charge is 0.229 e. The van der Waals surface area contributed by atoms with Gasteiger partial charge in [-0.25, -0.2) is 0 Å². The molecule has 94 valence electrons. The average molecular weight is 255 g/mol. The van der Waals surface area contributed by atoms with Crippen LogP contribution in [0.5, 0.6) is 0 Å². The van der Waals surface area contributed by atoms with Gasteiger partial charge in [0.1, 0.15) is 0 Å². The molecular formula is C13H19ClN2O. The van der Waals surface area contributed by atoms with E-state index < -0.39 is 0 Å². The number of likely N-dealkylation sites (tertiary alicyclic amines) is 1. The van der Waals surface area contributed by atoms with E-state index in [1.165, 1.54) is 0 Å². The number of benzene rings is 1. The molecule has 0 aliphatic carbocycles. The first-order chi connectivity index (χ1) is 7.68. The van der Waals surface area contributed by atoms with Gasteiger partial charge in [-0.1, -0.05) is 30.3 Å². The summed E-state index contributed by atoms with van der Waals surface area (Å²) in [5, 5.41) is 0. The molecule has 2 atom stereocenters. The molecule has 17 heavy (non-hydrogen) atoms. The molecule has 0 bridgehead atoms. The third kappa shape index (κ3) is 3.20. The molecule has 1 fully saturated rings. The molecule has 0 spiro atoms. The zero-order valence-corrected chi connectivity index (χ0v) is 10.8. The van der Waals surface area contributed by atoms with Crippen molar-refractivity contribution in [2.24, 2.45) is 5.73 Å². The van der Waals surface area contributed by atoms with Gasteiger partial charge in [0.2, 0.25) is 5.91 Å². The van der Waals surface area contributed by atoms with E-state index in [1.807, 2.05) is 42.2 Å². The molecule has 3 nitrogen and oxygen atoms in total. The lowest BCUT2D eigenvalue weighted by molar-refractivity contribution is -0.131. The molecule has 0 aromatic heterocycles. The molecule has 1 unspecified atom stereocenters. The Labute approximate surface area is 108 Å². The number of hydrogen-bond acceptors (Lipinski definition) is 2. The molecule has 1 aliphatic heterocycles. The first kappa shape index (κ1) is 14.0. The third-order valence-electron chi connectivity index (χ3n) is 3.21. The van der Waals surface area contributed by atoms with Crippen LogP contribution in [0.4, 0.5) is 0 Å². The molecule has 2 rings (SSSR count). The van der Waals surface area contributed by atoms with Crippen molar-refractivity contribution in [3.8, 4) is 0 Å². The summed E-state index contributed by atoms with van der Waals surface area (Å²) in [6, 6.07) is 10.1. The molecule has 1 aromatic rings. The van der Waals surface area contributed by atoms with Gasteiger partial charge in [-0.15, -0.1) is 12.4 Å². The van der Waals surface area contributed by atoms with E-state index in [0.717, 1.165) is 18.5 Å². The fourth-order valence-corrected chi connectivity index (χ4v) is 2.15. The van der Waals surface area contributed by atoms with Crippen molar-refractivity contribution in [2.45, 2.75) is 25.3 Å². The second-order valence-corrected chi connectivity index (χ2v) is 4.47. The molecule has 2 N–H and O–H groups in total. The zero-order valence-electron chi connectivity index (χ0n) is 10.0. The standard InChI is InChI=1S/C13H18N2O.ClH/c1-10(11-5-3-2-4-6-11)13(16)15-8-7-12(14)9-15;/h2-6,10,12H,7-9,14H2,1H3;1H/t10?,12-;/m0./s1. The summed E-state index contributed by atoms with van der Waals surface area (Å²) in [6.07, 6.45) is 0.924. The topological polar surface area (TPSA) is 46.3 Å². The van der Waals surface area contributed by atoms with E-state index >= 15 is 0 Å². The van der Waals surface area contributed by atoms with Crippen LogP contribution < -0.4 is 5.73 Å². The molecule has 1 saturated heterocycles. The number of hydrogen-bond donors (Lipinski definition) is 1. The maximum atomic E-state index is 12.2. The van der Waals surface area contributed by atoms with Gasteiger partial charge in [-0.3, -0.25) is 4.79 Å². The second kappa shape index (κ2) is 6.03. The highest BCUT2D eigenvalue weighted by Crippen LogP contribution is 2.20. The van der Waals surface area contributed by atoms with Crippen LogP contribution in [0.25, 0.3) is 0 Å². The summed E-state index contributed by atoms with van der Waals surface area (Å²) in [5.41, 5.74) is 6.88. The minimum Gasteiger partial charge on any atom is -0.341 e. The Balaban J connectivity index is 0.00000144. The summed E-state index contributed by atoms with van der Waals surface area (Å²) in [6.45, 7) is 3.47. The highest BCUT2D eigenvalue weighted by molar-refractivity contribution is 5.85. The highest BCUT2D eigenvalue weighted by Gasteiger charge is 2.27. The maximum Gasteiger partial charge on any atom is 0.229 e. The zero-order chi connectivity index (χ0) is 11.5. The number of amides is 1. The van der Waals surface area contributed by atoms with Crippen molar-refractivity contribution in [1.29, 1.82) is 0 Å². The monoisotopic (exact) mass is 254 g/mol. The van der Waals surface area contributed by atoms with Crippen molar-refractivity contribution < 1.29 is 4.79 Å². The minimum atomic E-state index is -0.0634. The predicted molar refractivity (Wildman–Crippen MR) is 71.3 cm³/mol. The summed E-state index contributed by atoms with van der Waals surface area (Å²) < 4.78 is 0. The molecular weight excluding hydrogens is 236 g/mol. The summed E-state index contributed by atoms with van der Waals surface area (Å²) >= 11 is 0. The SMILES string of the molecule is CC(C(=O)N1CC[C@H](N)C1)c1ccccc1.Cl. The number of nitrogens with zero attached hydrogens (tertiary/aromatic N) is 1. The van der Waals surface area contributed by atoms with Gasteiger partial charge in [0.15, 0.2) is 0 Å². The number of nitrogens with two attached hydrogens (primary N) is 1. The Morgan fingerprint density at radius 1 is 1.41 bits per heavy atom. The average Bonchev–Trinajstić information content (AvgIpc) is 2.75. The van der Waals surface area contributed by atoms with Crippen molar-refractivity contribution in [3.05, 3.63) is 35.9 Å². The number of carbonyl (C=O) groups is 1. The summed E-state index contributed by atoms with van der Waals surface area (Å²) in [5.74, 6) is 0.130. The van der Waals surface area contributed by atoms with Crippen LogP contribution in [0.15, 0.2) is 30.3 Å². The Kier molecular flexibility index (Phi) is 4.97. The molecule has 1 aromatic carbocycles. The lowest BCUT2D eigenvalue weighted by Crippen LogP contribution is -2.34. The van der Waals surface area contributed by atoms with Crippen molar-refractivity contribution in [1.82, 2.24) is 4.90 Å². The highest BCUT2D eigenvalue weighted by atomic mass is 35.5. The van der Waals surface area contributed by atoms with E-state index in [1.54, 1.807) is 0 Å². The molecule has 1 aliphatic rings. The fourth-order valence-electron chi connectivity index (χ4n) is 2.15. The predicted octanol–water partition coefficient (Wildman–Crippen LogP) is 1.77. The van der Waals surface area contributed by atoms with Gasteiger partial charge in [0.05, 0.1) is 5.92 Å². The first-order valence-electron chi connectivity index (χ1n) is 5.78. The maximum absolute atomic E-state index is 12.2. The Morgan fingerprint density at radius 3 is 2.59 bits per heavy atom. The van der Waals surface area contributed by atoms with Crippen molar-refractivity contribution in [3.63, 3.8) is 0 Å². The first-order valence-corrected chi connectivity index (χ1v) is 5.78. The van der Waals surface area contributed by atoms with Crippen LogP contribution in [0.2, 0.25) is 0 Å². The normalized spacial score (nSPS) is 20.8. The van der Waals surface area contributed by atoms with Gasteiger partial charge >= 0.3 is 0 Å². The molecule has 4 heteroatoms. The minimum absolute atomic E-state index is 0. The van der Waals surface area contributed by atoms with Crippen molar-refractivity contribution in [2.75, 3.05) is 13.1 Å². The van der Waals surface area contributed by atoms with Crippen LogP contribution in [0.1, 0.15) is 24.8 Å².